The molecule has 124 valence electrons. The third-order valence-corrected chi connectivity index (χ3v) is 4.22. The predicted octanol–water partition coefficient (Wildman–Crippen LogP) is 3.99. The molecule has 0 bridgehead atoms. The van der Waals surface area contributed by atoms with Crippen LogP contribution in [0, 0.1) is 6.92 Å². The molecule has 0 fully saturated rings. The molecule has 4 heteroatoms. The highest BCUT2D eigenvalue weighted by molar-refractivity contribution is 6.34. The van der Waals surface area contributed by atoms with Gasteiger partial charge in [-0.15, -0.1) is 0 Å². The number of aryl methyl sites for hydroxylation is 1. The zero-order chi connectivity index (χ0) is 16.8. The number of imide groups is 1. The molecule has 1 aromatic rings. The van der Waals surface area contributed by atoms with Gasteiger partial charge in [0, 0.05) is 6.54 Å². The fourth-order valence-corrected chi connectivity index (χ4v) is 2.80. The molecule has 1 aromatic carbocycles. The number of aliphatic hydroxyl groups is 1. The summed E-state index contributed by atoms with van der Waals surface area (Å²) in [6, 6.07) is 7.26. The SMILES string of the molecule is CCCCCCCCN1C(=O)C(O)=C(c2ccc(C)cc2)C1=O. The zero-order valence-electron chi connectivity index (χ0n) is 14.0. The number of aliphatic hydroxyl groups excluding tert-OH is 1. The maximum atomic E-state index is 12.5. The van der Waals surface area contributed by atoms with Crippen molar-refractivity contribution in [2.75, 3.05) is 6.54 Å². The first-order chi connectivity index (χ1) is 11.1. The van der Waals surface area contributed by atoms with Crippen molar-refractivity contribution >= 4 is 17.4 Å². The van der Waals surface area contributed by atoms with E-state index in [1.807, 2.05) is 19.1 Å². The summed E-state index contributed by atoms with van der Waals surface area (Å²) in [6.45, 7) is 4.50. The van der Waals surface area contributed by atoms with Gasteiger partial charge in [0.1, 0.15) is 0 Å². The Balaban J connectivity index is 1.97. The Labute approximate surface area is 137 Å². The van der Waals surface area contributed by atoms with Crippen LogP contribution in [0.15, 0.2) is 30.0 Å². The van der Waals surface area contributed by atoms with Crippen LogP contribution in [0.1, 0.15) is 56.6 Å². The zero-order valence-corrected chi connectivity index (χ0v) is 14.0. The van der Waals surface area contributed by atoms with Gasteiger partial charge in [0.05, 0.1) is 5.57 Å². The third kappa shape index (κ3) is 4.01. The number of unbranched alkanes of at least 4 members (excludes halogenated alkanes) is 5. The first-order valence-electron chi connectivity index (χ1n) is 8.42. The van der Waals surface area contributed by atoms with Crippen LogP contribution in [0.4, 0.5) is 0 Å². The average Bonchev–Trinajstić information content (AvgIpc) is 2.75. The molecule has 0 spiro atoms. The Morgan fingerprint density at radius 3 is 2.17 bits per heavy atom. The molecular weight excluding hydrogens is 290 g/mol. The summed E-state index contributed by atoms with van der Waals surface area (Å²) in [7, 11) is 0. The van der Waals surface area contributed by atoms with Crippen LogP contribution in [0.25, 0.3) is 5.57 Å². The lowest BCUT2D eigenvalue weighted by Crippen LogP contribution is -2.32. The predicted molar refractivity (Wildman–Crippen MR) is 90.8 cm³/mol. The number of nitrogens with zero attached hydrogens (tertiary/aromatic N) is 1. The molecule has 0 radical (unpaired) electrons. The summed E-state index contributed by atoms with van der Waals surface area (Å²) in [5.41, 5.74) is 1.78. The molecule has 2 amide bonds. The van der Waals surface area contributed by atoms with Gasteiger partial charge in [-0.05, 0) is 18.9 Å². The van der Waals surface area contributed by atoms with Crippen LogP contribution in [-0.4, -0.2) is 28.4 Å². The van der Waals surface area contributed by atoms with Crippen LogP contribution >= 0.6 is 0 Å². The lowest BCUT2D eigenvalue weighted by molar-refractivity contribution is -0.138. The first-order valence-corrected chi connectivity index (χ1v) is 8.42. The van der Waals surface area contributed by atoms with Crippen LogP contribution in [-0.2, 0) is 9.59 Å². The molecule has 2 rings (SSSR count). The smallest absolute Gasteiger partial charge is 0.296 e. The maximum Gasteiger partial charge on any atom is 0.296 e. The van der Waals surface area contributed by atoms with Crippen molar-refractivity contribution in [3.8, 4) is 0 Å². The van der Waals surface area contributed by atoms with Crippen molar-refractivity contribution in [1.29, 1.82) is 0 Å². The summed E-state index contributed by atoms with van der Waals surface area (Å²) >= 11 is 0. The van der Waals surface area contributed by atoms with Crippen LogP contribution in [0.3, 0.4) is 0 Å². The number of amides is 2. The number of hydrogen-bond acceptors (Lipinski definition) is 3. The fraction of sp³-hybridized carbons (Fsp3) is 0.474. The highest BCUT2D eigenvalue weighted by Crippen LogP contribution is 2.28. The van der Waals surface area contributed by atoms with Gasteiger partial charge in [-0.25, -0.2) is 0 Å². The molecular formula is C19H25NO3. The molecule has 1 heterocycles. The molecule has 0 aromatic heterocycles. The Kier molecular flexibility index (Phi) is 5.97. The molecule has 0 saturated carbocycles. The van der Waals surface area contributed by atoms with E-state index < -0.39 is 11.7 Å². The summed E-state index contributed by atoms with van der Waals surface area (Å²) in [5.74, 6) is -1.38. The molecule has 1 N–H and O–H groups in total. The minimum absolute atomic E-state index is 0.126. The van der Waals surface area contributed by atoms with Crippen LogP contribution in [0.2, 0.25) is 0 Å². The number of carbonyl (C=O) groups excluding carboxylic acids is 2. The lowest BCUT2D eigenvalue weighted by Gasteiger charge is -2.14. The van der Waals surface area contributed by atoms with Crippen molar-refractivity contribution in [2.45, 2.75) is 52.4 Å². The van der Waals surface area contributed by atoms with Gasteiger partial charge in [0.25, 0.3) is 11.8 Å². The molecule has 1 aliphatic rings. The van der Waals surface area contributed by atoms with E-state index in [0.29, 0.717) is 12.1 Å². The van der Waals surface area contributed by atoms with Gasteiger partial charge in [-0.2, -0.15) is 0 Å². The molecule has 1 aliphatic heterocycles. The van der Waals surface area contributed by atoms with Crippen molar-refractivity contribution in [1.82, 2.24) is 4.90 Å². The van der Waals surface area contributed by atoms with E-state index in [4.69, 9.17) is 0 Å². The Bertz CT molecular complexity index is 602. The molecule has 0 unspecified atom stereocenters. The number of rotatable bonds is 8. The summed E-state index contributed by atoms with van der Waals surface area (Å²) < 4.78 is 0. The second-order valence-corrected chi connectivity index (χ2v) is 6.12. The number of hydrogen-bond donors (Lipinski definition) is 1. The van der Waals surface area contributed by atoms with Crippen molar-refractivity contribution < 1.29 is 14.7 Å². The average molecular weight is 315 g/mol. The van der Waals surface area contributed by atoms with Crippen LogP contribution in [0.5, 0.6) is 0 Å². The van der Waals surface area contributed by atoms with Gasteiger partial charge >= 0.3 is 0 Å². The molecule has 4 nitrogen and oxygen atoms in total. The monoisotopic (exact) mass is 315 g/mol. The number of carbonyl (C=O) groups is 2. The van der Waals surface area contributed by atoms with Crippen molar-refractivity contribution in [3.05, 3.63) is 41.2 Å². The van der Waals surface area contributed by atoms with E-state index >= 15 is 0 Å². The molecule has 0 saturated heterocycles. The quantitative estimate of drug-likeness (QED) is 0.583. The van der Waals surface area contributed by atoms with Crippen molar-refractivity contribution in [2.24, 2.45) is 0 Å². The van der Waals surface area contributed by atoms with Crippen molar-refractivity contribution in [3.63, 3.8) is 0 Å². The highest BCUT2D eigenvalue weighted by atomic mass is 16.3. The van der Waals surface area contributed by atoms with E-state index in [2.05, 4.69) is 6.92 Å². The van der Waals surface area contributed by atoms with E-state index in [0.717, 1.165) is 24.8 Å². The van der Waals surface area contributed by atoms with Crippen LogP contribution < -0.4 is 0 Å². The van der Waals surface area contributed by atoms with Gasteiger partial charge in [0.2, 0.25) is 0 Å². The minimum atomic E-state index is -0.570. The van der Waals surface area contributed by atoms with E-state index in [1.54, 1.807) is 12.1 Å². The topological polar surface area (TPSA) is 57.6 Å². The highest BCUT2D eigenvalue weighted by Gasteiger charge is 2.38. The van der Waals surface area contributed by atoms with Gasteiger partial charge in [-0.3, -0.25) is 14.5 Å². The maximum absolute atomic E-state index is 12.5. The van der Waals surface area contributed by atoms with E-state index in [-0.39, 0.29) is 11.5 Å². The number of benzene rings is 1. The summed E-state index contributed by atoms with van der Waals surface area (Å²) in [6.07, 6.45) is 6.51. The third-order valence-electron chi connectivity index (χ3n) is 4.22. The lowest BCUT2D eigenvalue weighted by atomic mass is 10.0. The Hall–Kier alpha value is -2.10. The second kappa shape index (κ2) is 7.95. The van der Waals surface area contributed by atoms with Gasteiger partial charge < -0.3 is 5.11 Å². The Morgan fingerprint density at radius 1 is 0.913 bits per heavy atom. The molecule has 0 atom stereocenters. The van der Waals surface area contributed by atoms with E-state index in [9.17, 15) is 14.7 Å². The second-order valence-electron chi connectivity index (χ2n) is 6.12. The molecule has 0 aliphatic carbocycles. The molecule has 23 heavy (non-hydrogen) atoms. The van der Waals surface area contributed by atoms with Gasteiger partial charge in [-0.1, -0.05) is 68.9 Å². The first kappa shape index (κ1) is 17.3. The van der Waals surface area contributed by atoms with E-state index in [1.165, 1.54) is 24.2 Å². The van der Waals surface area contributed by atoms with Gasteiger partial charge in [0.15, 0.2) is 5.76 Å². The summed E-state index contributed by atoms with van der Waals surface area (Å²) in [5, 5.41) is 10.1. The summed E-state index contributed by atoms with van der Waals surface area (Å²) in [4.78, 5) is 25.8. The standard InChI is InChI=1S/C19H25NO3/c1-3-4-5-6-7-8-13-20-18(22)16(17(21)19(20)23)15-11-9-14(2)10-12-15/h9-12,21H,3-8,13H2,1-2H3. The largest absolute Gasteiger partial charge is 0.502 e. The Morgan fingerprint density at radius 2 is 1.52 bits per heavy atom. The normalized spacial score (nSPS) is 15.0. The minimum Gasteiger partial charge on any atom is -0.502 e. The fourth-order valence-electron chi connectivity index (χ4n) is 2.80.